The van der Waals surface area contributed by atoms with E-state index in [1.807, 2.05) is 24.3 Å². The quantitative estimate of drug-likeness (QED) is 0.730. The van der Waals surface area contributed by atoms with Crippen LogP contribution in [0.1, 0.15) is 25.0 Å². The molecule has 21 heavy (non-hydrogen) atoms. The van der Waals surface area contributed by atoms with Gasteiger partial charge in [-0.05, 0) is 47.1 Å². The van der Waals surface area contributed by atoms with Crippen molar-refractivity contribution in [2.24, 2.45) is 0 Å². The number of benzene rings is 2. The highest BCUT2D eigenvalue weighted by Gasteiger charge is 2.09. The normalized spacial score (nSPS) is 11.0. The van der Waals surface area contributed by atoms with Crippen molar-refractivity contribution in [3.05, 3.63) is 57.0 Å². The molecule has 0 aliphatic heterocycles. The molecular formula is C17H19BrClNO. The van der Waals surface area contributed by atoms with Crippen molar-refractivity contribution in [2.45, 2.75) is 33.4 Å². The molecule has 0 aliphatic rings. The molecule has 0 fully saturated rings. The van der Waals surface area contributed by atoms with Gasteiger partial charge in [-0.2, -0.15) is 0 Å². The lowest BCUT2D eigenvalue weighted by Crippen LogP contribution is -2.22. The van der Waals surface area contributed by atoms with E-state index in [1.165, 1.54) is 5.56 Å². The van der Waals surface area contributed by atoms with Crippen LogP contribution in [0.15, 0.2) is 40.9 Å². The highest BCUT2D eigenvalue weighted by atomic mass is 79.9. The number of aryl methyl sites for hydroxylation is 1. The topological polar surface area (TPSA) is 21.3 Å². The fourth-order valence-electron chi connectivity index (χ4n) is 1.94. The first kappa shape index (κ1) is 16.3. The summed E-state index contributed by atoms with van der Waals surface area (Å²) in [4.78, 5) is 0. The molecule has 112 valence electrons. The van der Waals surface area contributed by atoms with E-state index >= 15 is 0 Å². The Morgan fingerprint density at radius 3 is 2.52 bits per heavy atom. The van der Waals surface area contributed by atoms with Crippen LogP contribution in [0.25, 0.3) is 0 Å². The average Bonchev–Trinajstić information content (AvgIpc) is 2.41. The predicted octanol–water partition coefficient (Wildman–Crippen LogP) is 5.70. The Kier molecular flexibility index (Phi) is 5.68. The Morgan fingerprint density at radius 1 is 1.14 bits per heavy atom. The van der Waals surface area contributed by atoms with Crippen molar-refractivity contribution in [3.8, 4) is 11.5 Å². The smallest absolute Gasteiger partial charge is 0.141 e. The van der Waals surface area contributed by atoms with Gasteiger partial charge in [0.15, 0.2) is 0 Å². The van der Waals surface area contributed by atoms with Gasteiger partial charge in [0, 0.05) is 23.2 Å². The van der Waals surface area contributed by atoms with Gasteiger partial charge in [0.05, 0.1) is 4.47 Å². The molecule has 4 heteroatoms. The number of nitrogens with one attached hydrogen (secondary N) is 1. The maximum Gasteiger partial charge on any atom is 0.141 e. The Balaban J connectivity index is 2.26. The zero-order chi connectivity index (χ0) is 15.4. The van der Waals surface area contributed by atoms with E-state index in [1.54, 1.807) is 0 Å². The molecule has 0 aromatic heterocycles. The molecular weight excluding hydrogens is 350 g/mol. The van der Waals surface area contributed by atoms with Gasteiger partial charge in [-0.15, -0.1) is 0 Å². The maximum atomic E-state index is 6.04. The van der Waals surface area contributed by atoms with Crippen molar-refractivity contribution >= 4 is 27.5 Å². The van der Waals surface area contributed by atoms with Crippen LogP contribution in [0, 0.1) is 6.92 Å². The van der Waals surface area contributed by atoms with Crippen LogP contribution in [0.5, 0.6) is 11.5 Å². The largest absolute Gasteiger partial charge is 0.456 e. The Bertz CT molecular complexity index is 628. The summed E-state index contributed by atoms with van der Waals surface area (Å²) >= 11 is 9.44. The summed E-state index contributed by atoms with van der Waals surface area (Å²) in [5.74, 6) is 1.62. The number of hydrogen-bond donors (Lipinski definition) is 1. The molecule has 0 saturated carbocycles. The minimum absolute atomic E-state index is 0.431. The highest BCUT2D eigenvalue weighted by Crippen LogP contribution is 2.33. The lowest BCUT2D eigenvalue weighted by molar-refractivity contribution is 0.466. The first-order chi connectivity index (χ1) is 9.95. The van der Waals surface area contributed by atoms with Gasteiger partial charge in [0.25, 0.3) is 0 Å². The van der Waals surface area contributed by atoms with Crippen molar-refractivity contribution in [3.63, 3.8) is 0 Å². The first-order valence-corrected chi connectivity index (χ1v) is 8.08. The Morgan fingerprint density at radius 2 is 1.86 bits per heavy atom. The van der Waals surface area contributed by atoms with Crippen LogP contribution in [0.4, 0.5) is 0 Å². The average molecular weight is 369 g/mol. The third kappa shape index (κ3) is 4.73. The van der Waals surface area contributed by atoms with Gasteiger partial charge >= 0.3 is 0 Å². The van der Waals surface area contributed by atoms with Crippen LogP contribution >= 0.6 is 27.5 Å². The predicted molar refractivity (Wildman–Crippen MR) is 92.4 cm³/mol. The monoisotopic (exact) mass is 367 g/mol. The molecule has 0 unspecified atom stereocenters. The molecule has 2 rings (SSSR count). The Hall–Kier alpha value is -1.03. The first-order valence-electron chi connectivity index (χ1n) is 6.91. The van der Waals surface area contributed by atoms with Crippen molar-refractivity contribution < 1.29 is 4.74 Å². The molecule has 0 amide bonds. The van der Waals surface area contributed by atoms with Gasteiger partial charge in [-0.3, -0.25) is 0 Å². The second-order valence-electron chi connectivity index (χ2n) is 5.32. The molecule has 2 aromatic rings. The van der Waals surface area contributed by atoms with E-state index in [4.69, 9.17) is 16.3 Å². The molecule has 0 aliphatic carbocycles. The number of ether oxygens (including phenoxy) is 1. The molecule has 1 N–H and O–H groups in total. The van der Waals surface area contributed by atoms with E-state index < -0.39 is 0 Å². The van der Waals surface area contributed by atoms with E-state index in [0.29, 0.717) is 11.1 Å². The zero-order valence-electron chi connectivity index (χ0n) is 12.4. The van der Waals surface area contributed by atoms with Gasteiger partial charge in [-0.1, -0.05) is 43.1 Å². The summed E-state index contributed by atoms with van der Waals surface area (Å²) in [7, 11) is 0. The van der Waals surface area contributed by atoms with Gasteiger partial charge in [0.2, 0.25) is 0 Å². The van der Waals surface area contributed by atoms with Crippen molar-refractivity contribution in [1.82, 2.24) is 5.32 Å². The molecule has 0 heterocycles. The van der Waals surface area contributed by atoms with Crippen LogP contribution in [0.3, 0.4) is 0 Å². The van der Waals surface area contributed by atoms with E-state index in [0.717, 1.165) is 28.1 Å². The van der Waals surface area contributed by atoms with Crippen LogP contribution in [-0.2, 0) is 6.54 Å². The summed E-state index contributed by atoms with van der Waals surface area (Å²) in [6.07, 6.45) is 0. The number of rotatable bonds is 5. The van der Waals surface area contributed by atoms with Gasteiger partial charge < -0.3 is 10.1 Å². The summed E-state index contributed by atoms with van der Waals surface area (Å²) < 4.78 is 6.88. The fourth-order valence-corrected chi connectivity index (χ4v) is 2.70. The summed E-state index contributed by atoms with van der Waals surface area (Å²) in [5, 5.41) is 4.11. The second kappa shape index (κ2) is 7.30. The summed E-state index contributed by atoms with van der Waals surface area (Å²) in [6.45, 7) is 7.12. The zero-order valence-corrected chi connectivity index (χ0v) is 14.8. The van der Waals surface area contributed by atoms with Gasteiger partial charge in [0.1, 0.15) is 11.5 Å². The molecule has 0 atom stereocenters. The minimum atomic E-state index is 0.431. The maximum absolute atomic E-state index is 6.04. The molecule has 0 saturated heterocycles. The third-order valence-corrected chi connectivity index (χ3v) is 3.89. The SMILES string of the molecule is Cc1ccc(Oc2ccc(Cl)cc2Br)c(CNC(C)C)c1. The number of hydrogen-bond acceptors (Lipinski definition) is 2. The highest BCUT2D eigenvalue weighted by molar-refractivity contribution is 9.10. The van der Waals surface area contributed by atoms with E-state index in [-0.39, 0.29) is 0 Å². The van der Waals surface area contributed by atoms with Crippen molar-refractivity contribution in [2.75, 3.05) is 0 Å². The molecule has 2 aromatic carbocycles. The number of halogens is 2. The Labute approximate surface area is 139 Å². The standard InChI is InChI=1S/C17H19BrClNO/c1-11(2)20-10-13-8-12(3)4-6-16(13)21-17-7-5-14(19)9-15(17)18/h4-9,11,20H,10H2,1-3H3. The second-order valence-corrected chi connectivity index (χ2v) is 6.61. The molecule has 0 bridgehead atoms. The minimum Gasteiger partial charge on any atom is -0.456 e. The summed E-state index contributed by atoms with van der Waals surface area (Å²) in [6, 6.07) is 12.2. The van der Waals surface area contributed by atoms with Gasteiger partial charge in [-0.25, -0.2) is 0 Å². The molecule has 0 radical (unpaired) electrons. The summed E-state index contributed by atoms with van der Waals surface area (Å²) in [5.41, 5.74) is 2.36. The lowest BCUT2D eigenvalue weighted by atomic mass is 10.1. The van der Waals surface area contributed by atoms with E-state index in [9.17, 15) is 0 Å². The van der Waals surface area contributed by atoms with Crippen LogP contribution in [0.2, 0.25) is 5.02 Å². The van der Waals surface area contributed by atoms with Crippen LogP contribution < -0.4 is 10.1 Å². The van der Waals surface area contributed by atoms with E-state index in [2.05, 4.69) is 54.2 Å². The molecule has 2 nitrogen and oxygen atoms in total. The fraction of sp³-hybridized carbons (Fsp3) is 0.294. The lowest BCUT2D eigenvalue weighted by Gasteiger charge is -2.15. The molecule has 0 spiro atoms. The van der Waals surface area contributed by atoms with Crippen molar-refractivity contribution in [1.29, 1.82) is 0 Å². The third-order valence-electron chi connectivity index (χ3n) is 3.03. The van der Waals surface area contributed by atoms with Crippen LogP contribution in [-0.4, -0.2) is 6.04 Å².